The predicted octanol–water partition coefficient (Wildman–Crippen LogP) is 3.22. The summed E-state index contributed by atoms with van der Waals surface area (Å²) in [6.45, 7) is 5.11. The van der Waals surface area contributed by atoms with E-state index in [2.05, 4.69) is 27.5 Å². The zero-order chi connectivity index (χ0) is 15.8. The largest absolute Gasteiger partial charge is 0.462 e. The Labute approximate surface area is 129 Å². The Morgan fingerprint density at radius 3 is 2.55 bits per heavy atom. The van der Waals surface area contributed by atoms with Gasteiger partial charge in [-0.3, -0.25) is 0 Å². The first-order valence-corrected chi connectivity index (χ1v) is 7.33. The second kappa shape index (κ2) is 7.97. The number of carbonyl (C=O) groups excluding carboxylic acids is 1. The number of anilines is 3. The molecule has 1 aromatic carbocycles. The lowest BCUT2D eigenvalue weighted by Gasteiger charge is -2.08. The maximum absolute atomic E-state index is 11.6. The molecule has 0 saturated heterocycles. The van der Waals surface area contributed by atoms with Crippen LogP contribution in [-0.2, 0) is 4.74 Å². The molecule has 0 spiro atoms. The number of nitrogens with zero attached hydrogens (tertiary/aromatic N) is 2. The van der Waals surface area contributed by atoms with Crippen LogP contribution in [0.4, 0.5) is 17.3 Å². The maximum atomic E-state index is 11.6. The predicted molar refractivity (Wildman–Crippen MR) is 86.5 cm³/mol. The van der Waals surface area contributed by atoms with Gasteiger partial charge in [0.15, 0.2) is 0 Å². The van der Waals surface area contributed by atoms with Crippen LogP contribution in [0.5, 0.6) is 0 Å². The van der Waals surface area contributed by atoms with Gasteiger partial charge in [0.25, 0.3) is 0 Å². The van der Waals surface area contributed by atoms with Crippen molar-refractivity contribution in [3.05, 3.63) is 42.2 Å². The van der Waals surface area contributed by atoms with Gasteiger partial charge in [-0.25, -0.2) is 14.8 Å². The molecule has 0 saturated carbocycles. The van der Waals surface area contributed by atoms with Gasteiger partial charge in [-0.2, -0.15) is 0 Å². The van der Waals surface area contributed by atoms with Crippen LogP contribution >= 0.6 is 0 Å². The van der Waals surface area contributed by atoms with Crippen molar-refractivity contribution < 1.29 is 9.53 Å². The van der Waals surface area contributed by atoms with Crippen molar-refractivity contribution in [2.24, 2.45) is 0 Å². The van der Waals surface area contributed by atoms with Crippen LogP contribution in [0.25, 0.3) is 0 Å². The molecule has 0 bridgehead atoms. The first kappa shape index (κ1) is 15.8. The number of aromatic nitrogens is 2. The zero-order valence-electron chi connectivity index (χ0n) is 12.8. The van der Waals surface area contributed by atoms with Crippen molar-refractivity contribution >= 4 is 23.3 Å². The van der Waals surface area contributed by atoms with E-state index < -0.39 is 0 Å². The molecule has 2 aromatic rings. The number of hydrogen-bond acceptors (Lipinski definition) is 6. The van der Waals surface area contributed by atoms with E-state index >= 15 is 0 Å². The van der Waals surface area contributed by atoms with Crippen LogP contribution in [0.3, 0.4) is 0 Å². The molecule has 0 aliphatic rings. The molecule has 6 nitrogen and oxygen atoms in total. The summed E-state index contributed by atoms with van der Waals surface area (Å²) in [6.07, 6.45) is 2.54. The highest BCUT2D eigenvalue weighted by Gasteiger charge is 2.06. The number of esters is 1. The second-order valence-corrected chi connectivity index (χ2v) is 4.64. The molecule has 2 rings (SSSR count). The first-order chi connectivity index (χ1) is 10.7. The van der Waals surface area contributed by atoms with E-state index in [1.54, 1.807) is 19.1 Å². The van der Waals surface area contributed by atoms with Crippen molar-refractivity contribution in [2.75, 3.05) is 23.8 Å². The highest BCUT2D eigenvalue weighted by Crippen LogP contribution is 2.17. The lowest BCUT2D eigenvalue weighted by molar-refractivity contribution is 0.0526. The Morgan fingerprint density at radius 2 is 1.86 bits per heavy atom. The average molecular weight is 300 g/mol. The number of hydrogen-bond donors (Lipinski definition) is 2. The summed E-state index contributed by atoms with van der Waals surface area (Å²) in [6, 6.07) is 8.91. The van der Waals surface area contributed by atoms with Gasteiger partial charge >= 0.3 is 5.97 Å². The lowest BCUT2D eigenvalue weighted by Crippen LogP contribution is -2.05. The fourth-order valence-corrected chi connectivity index (χ4v) is 1.83. The van der Waals surface area contributed by atoms with E-state index in [1.165, 1.54) is 6.33 Å². The number of rotatable bonds is 7. The topological polar surface area (TPSA) is 76.1 Å². The monoisotopic (exact) mass is 300 g/mol. The van der Waals surface area contributed by atoms with E-state index in [-0.39, 0.29) is 5.97 Å². The summed E-state index contributed by atoms with van der Waals surface area (Å²) in [5.74, 6) is 1.15. The van der Waals surface area contributed by atoms with Crippen LogP contribution in [0.1, 0.15) is 30.6 Å². The van der Waals surface area contributed by atoms with Crippen LogP contribution in [0.2, 0.25) is 0 Å². The van der Waals surface area contributed by atoms with Crippen molar-refractivity contribution in [3.63, 3.8) is 0 Å². The molecule has 0 fully saturated rings. The van der Waals surface area contributed by atoms with Gasteiger partial charge in [-0.15, -0.1) is 0 Å². The Kier molecular flexibility index (Phi) is 5.71. The Bertz CT molecular complexity index is 614. The Hall–Kier alpha value is -2.63. The van der Waals surface area contributed by atoms with Crippen LogP contribution in [-0.4, -0.2) is 29.1 Å². The minimum Gasteiger partial charge on any atom is -0.462 e. The third-order valence-electron chi connectivity index (χ3n) is 2.89. The highest BCUT2D eigenvalue weighted by molar-refractivity contribution is 5.89. The molecule has 0 atom stereocenters. The van der Waals surface area contributed by atoms with Gasteiger partial charge in [-0.05, 0) is 37.6 Å². The van der Waals surface area contributed by atoms with Crippen molar-refractivity contribution in [1.82, 2.24) is 9.97 Å². The van der Waals surface area contributed by atoms with Crippen molar-refractivity contribution in [1.29, 1.82) is 0 Å². The highest BCUT2D eigenvalue weighted by atomic mass is 16.5. The van der Waals surface area contributed by atoms with Crippen LogP contribution in [0.15, 0.2) is 36.7 Å². The molecule has 6 heteroatoms. The summed E-state index contributed by atoms with van der Waals surface area (Å²) in [4.78, 5) is 19.9. The van der Waals surface area contributed by atoms with Crippen molar-refractivity contribution in [3.8, 4) is 0 Å². The van der Waals surface area contributed by atoms with Crippen molar-refractivity contribution in [2.45, 2.75) is 20.3 Å². The molecule has 0 radical (unpaired) electrons. The molecule has 0 amide bonds. The quantitative estimate of drug-likeness (QED) is 0.765. The van der Waals surface area contributed by atoms with Gasteiger partial charge in [0.1, 0.15) is 18.0 Å². The third kappa shape index (κ3) is 4.44. The van der Waals surface area contributed by atoms with Crippen LogP contribution < -0.4 is 10.6 Å². The van der Waals surface area contributed by atoms with Gasteiger partial charge < -0.3 is 15.4 Å². The number of nitrogens with one attached hydrogen (secondary N) is 2. The lowest BCUT2D eigenvalue weighted by atomic mass is 10.2. The molecule has 116 valence electrons. The molecule has 0 aliphatic carbocycles. The summed E-state index contributed by atoms with van der Waals surface area (Å²) >= 11 is 0. The van der Waals surface area contributed by atoms with Gasteiger partial charge in [-0.1, -0.05) is 6.92 Å². The fourth-order valence-electron chi connectivity index (χ4n) is 1.83. The Morgan fingerprint density at radius 1 is 1.14 bits per heavy atom. The smallest absolute Gasteiger partial charge is 0.338 e. The van der Waals surface area contributed by atoms with E-state index in [0.29, 0.717) is 18.0 Å². The average Bonchev–Trinajstić information content (AvgIpc) is 2.54. The normalized spacial score (nSPS) is 10.1. The van der Waals surface area contributed by atoms with Gasteiger partial charge in [0.05, 0.1) is 12.2 Å². The third-order valence-corrected chi connectivity index (χ3v) is 2.89. The SMILES string of the molecule is CCCNc1cc(Nc2ccc(C(=O)OCC)cc2)ncn1. The van der Waals surface area contributed by atoms with Gasteiger partial charge in [0.2, 0.25) is 0 Å². The van der Waals surface area contributed by atoms with E-state index in [4.69, 9.17) is 4.74 Å². The molecular formula is C16H20N4O2. The van der Waals surface area contributed by atoms with E-state index in [0.717, 1.165) is 24.5 Å². The summed E-state index contributed by atoms with van der Waals surface area (Å²) in [7, 11) is 0. The molecule has 0 aliphatic heterocycles. The summed E-state index contributed by atoms with van der Waals surface area (Å²) in [5, 5.41) is 6.38. The molecule has 22 heavy (non-hydrogen) atoms. The molecular weight excluding hydrogens is 280 g/mol. The van der Waals surface area contributed by atoms with E-state index in [1.807, 2.05) is 18.2 Å². The number of carbonyl (C=O) groups is 1. The molecule has 1 aromatic heterocycles. The van der Waals surface area contributed by atoms with E-state index in [9.17, 15) is 4.79 Å². The first-order valence-electron chi connectivity index (χ1n) is 7.33. The fraction of sp³-hybridized carbons (Fsp3) is 0.312. The number of benzene rings is 1. The maximum Gasteiger partial charge on any atom is 0.338 e. The zero-order valence-corrected chi connectivity index (χ0v) is 12.8. The molecule has 1 heterocycles. The molecule has 0 unspecified atom stereocenters. The minimum absolute atomic E-state index is 0.317. The number of ether oxygens (including phenoxy) is 1. The Balaban J connectivity index is 2.03. The van der Waals surface area contributed by atoms with Gasteiger partial charge in [0, 0.05) is 18.3 Å². The summed E-state index contributed by atoms with van der Waals surface area (Å²) < 4.78 is 4.95. The standard InChI is InChI=1S/C16H20N4O2/c1-3-9-17-14-10-15(19-11-18-14)20-13-7-5-12(6-8-13)16(21)22-4-2/h5-8,10-11H,3-4,9H2,1-2H3,(H2,17,18,19,20). The molecule has 2 N–H and O–H groups in total. The van der Waals surface area contributed by atoms with Crippen LogP contribution in [0, 0.1) is 0 Å². The summed E-state index contributed by atoms with van der Waals surface area (Å²) in [5.41, 5.74) is 1.37. The second-order valence-electron chi connectivity index (χ2n) is 4.64. The minimum atomic E-state index is -0.317.